The van der Waals surface area contributed by atoms with Gasteiger partial charge in [0.2, 0.25) is 0 Å². The number of carbonyl (C=O) groups excluding carboxylic acids is 1. The van der Waals surface area contributed by atoms with Gasteiger partial charge in [0, 0.05) is 12.0 Å². The Morgan fingerprint density at radius 2 is 2.17 bits per heavy atom. The van der Waals surface area contributed by atoms with Crippen LogP contribution in [0.25, 0.3) is 0 Å². The first-order valence-corrected chi connectivity index (χ1v) is 4.66. The minimum absolute atomic E-state index is 0.237. The third-order valence-corrected chi connectivity index (χ3v) is 2.25. The van der Waals surface area contributed by atoms with Gasteiger partial charge in [-0.1, -0.05) is 12.8 Å². The summed E-state index contributed by atoms with van der Waals surface area (Å²) in [6.07, 6.45) is 7.63. The summed E-state index contributed by atoms with van der Waals surface area (Å²) in [4.78, 5) is 11.4. The van der Waals surface area contributed by atoms with Gasteiger partial charge in [-0.25, -0.2) is 0 Å². The van der Waals surface area contributed by atoms with Crippen LogP contribution in [0.3, 0.4) is 0 Å². The van der Waals surface area contributed by atoms with E-state index < -0.39 is 0 Å². The molecule has 0 N–H and O–H groups in total. The molecule has 0 amide bonds. The maximum absolute atomic E-state index is 11.4. The zero-order valence-electron chi connectivity index (χ0n) is 7.58. The molecule has 0 atom stereocenters. The first-order chi connectivity index (χ1) is 5.84. The van der Waals surface area contributed by atoms with E-state index in [1.54, 1.807) is 6.08 Å². The maximum Gasteiger partial charge on any atom is 0.161 e. The molecule has 0 aromatic rings. The molecule has 1 rings (SSSR count). The SMILES string of the molecule is CCOC=CC(=O)C1CCCC1. The second kappa shape index (κ2) is 4.96. The maximum atomic E-state index is 11.4. The fourth-order valence-corrected chi connectivity index (χ4v) is 1.56. The standard InChI is InChI=1S/C10H16O2/c1-2-12-8-7-10(11)9-5-3-4-6-9/h7-9H,2-6H2,1H3. The van der Waals surface area contributed by atoms with E-state index in [9.17, 15) is 4.79 Å². The summed E-state index contributed by atoms with van der Waals surface area (Å²) < 4.78 is 4.96. The Morgan fingerprint density at radius 3 is 2.75 bits per heavy atom. The Hall–Kier alpha value is -0.790. The highest BCUT2D eigenvalue weighted by Crippen LogP contribution is 2.25. The van der Waals surface area contributed by atoms with Gasteiger partial charge in [-0.3, -0.25) is 4.79 Å². The number of carbonyl (C=O) groups is 1. The first kappa shape index (κ1) is 9.30. The monoisotopic (exact) mass is 168 g/mol. The molecule has 0 bridgehead atoms. The second-order valence-electron chi connectivity index (χ2n) is 3.14. The summed E-state index contributed by atoms with van der Waals surface area (Å²) in [6.45, 7) is 2.54. The van der Waals surface area contributed by atoms with Crippen LogP contribution in [0.1, 0.15) is 32.6 Å². The van der Waals surface area contributed by atoms with Crippen LogP contribution in [-0.4, -0.2) is 12.4 Å². The van der Waals surface area contributed by atoms with E-state index in [1.165, 1.54) is 19.1 Å². The van der Waals surface area contributed by atoms with Crippen LogP contribution in [0, 0.1) is 5.92 Å². The summed E-state index contributed by atoms with van der Waals surface area (Å²) in [5, 5.41) is 0. The van der Waals surface area contributed by atoms with Crippen LogP contribution in [-0.2, 0) is 9.53 Å². The van der Waals surface area contributed by atoms with Crippen molar-refractivity contribution >= 4 is 5.78 Å². The molecule has 1 aliphatic carbocycles. The molecule has 0 unspecified atom stereocenters. The lowest BCUT2D eigenvalue weighted by Crippen LogP contribution is -2.06. The number of allylic oxidation sites excluding steroid dienone is 1. The van der Waals surface area contributed by atoms with Crippen molar-refractivity contribution in [2.75, 3.05) is 6.61 Å². The Kier molecular flexibility index (Phi) is 3.85. The molecular weight excluding hydrogens is 152 g/mol. The molecule has 2 heteroatoms. The lowest BCUT2D eigenvalue weighted by Gasteiger charge is -2.01. The van der Waals surface area contributed by atoms with E-state index in [0.717, 1.165) is 12.8 Å². The molecule has 0 radical (unpaired) electrons. The molecule has 0 aromatic carbocycles. The summed E-state index contributed by atoms with van der Waals surface area (Å²) in [7, 11) is 0. The molecule has 2 nitrogen and oxygen atoms in total. The Balaban J connectivity index is 2.26. The van der Waals surface area contributed by atoms with Crippen molar-refractivity contribution < 1.29 is 9.53 Å². The smallest absolute Gasteiger partial charge is 0.161 e. The number of ketones is 1. The predicted octanol–water partition coefficient (Wildman–Crippen LogP) is 2.30. The van der Waals surface area contributed by atoms with Gasteiger partial charge in [0.25, 0.3) is 0 Å². The first-order valence-electron chi connectivity index (χ1n) is 4.66. The largest absolute Gasteiger partial charge is 0.501 e. The molecule has 1 fully saturated rings. The van der Waals surface area contributed by atoms with E-state index in [1.807, 2.05) is 6.92 Å². The third kappa shape index (κ3) is 2.68. The van der Waals surface area contributed by atoms with E-state index in [0.29, 0.717) is 6.61 Å². The third-order valence-electron chi connectivity index (χ3n) is 2.25. The number of rotatable bonds is 4. The van der Waals surface area contributed by atoms with Crippen LogP contribution < -0.4 is 0 Å². The molecule has 12 heavy (non-hydrogen) atoms. The Morgan fingerprint density at radius 1 is 1.50 bits per heavy atom. The van der Waals surface area contributed by atoms with Crippen LogP contribution in [0.4, 0.5) is 0 Å². The fourth-order valence-electron chi connectivity index (χ4n) is 1.56. The van der Waals surface area contributed by atoms with Crippen molar-refractivity contribution in [2.24, 2.45) is 5.92 Å². The molecule has 68 valence electrons. The molecule has 1 aliphatic rings. The van der Waals surface area contributed by atoms with Gasteiger partial charge in [0.1, 0.15) is 0 Å². The van der Waals surface area contributed by atoms with Gasteiger partial charge < -0.3 is 4.74 Å². The molecule has 0 aromatic heterocycles. The second-order valence-corrected chi connectivity index (χ2v) is 3.14. The number of hydrogen-bond acceptors (Lipinski definition) is 2. The average molecular weight is 168 g/mol. The van der Waals surface area contributed by atoms with E-state index in [2.05, 4.69) is 0 Å². The highest BCUT2D eigenvalue weighted by atomic mass is 16.5. The zero-order chi connectivity index (χ0) is 8.81. The van der Waals surface area contributed by atoms with Crippen LogP contribution in [0.2, 0.25) is 0 Å². The van der Waals surface area contributed by atoms with Crippen molar-refractivity contribution in [3.05, 3.63) is 12.3 Å². The van der Waals surface area contributed by atoms with Crippen LogP contribution >= 0.6 is 0 Å². The van der Waals surface area contributed by atoms with E-state index in [4.69, 9.17) is 4.74 Å². The Labute approximate surface area is 73.6 Å². The van der Waals surface area contributed by atoms with Crippen LogP contribution in [0.5, 0.6) is 0 Å². The molecule has 0 heterocycles. The van der Waals surface area contributed by atoms with E-state index in [-0.39, 0.29) is 11.7 Å². The highest BCUT2D eigenvalue weighted by molar-refractivity contribution is 5.91. The molecule has 0 aliphatic heterocycles. The van der Waals surface area contributed by atoms with Gasteiger partial charge in [-0.15, -0.1) is 0 Å². The summed E-state index contributed by atoms with van der Waals surface area (Å²) in [5.74, 6) is 0.516. The summed E-state index contributed by atoms with van der Waals surface area (Å²) in [5.41, 5.74) is 0. The van der Waals surface area contributed by atoms with Gasteiger partial charge in [-0.2, -0.15) is 0 Å². The van der Waals surface area contributed by atoms with Crippen molar-refractivity contribution in [3.63, 3.8) is 0 Å². The lowest BCUT2D eigenvalue weighted by molar-refractivity contribution is -0.118. The molecule has 0 spiro atoms. The van der Waals surface area contributed by atoms with Crippen molar-refractivity contribution in [3.8, 4) is 0 Å². The van der Waals surface area contributed by atoms with Gasteiger partial charge in [-0.05, 0) is 19.8 Å². The van der Waals surface area contributed by atoms with Crippen molar-refractivity contribution in [1.82, 2.24) is 0 Å². The minimum Gasteiger partial charge on any atom is -0.501 e. The number of hydrogen-bond donors (Lipinski definition) is 0. The minimum atomic E-state index is 0.237. The van der Waals surface area contributed by atoms with Gasteiger partial charge in [0.05, 0.1) is 12.9 Å². The van der Waals surface area contributed by atoms with Gasteiger partial charge >= 0.3 is 0 Å². The highest BCUT2D eigenvalue weighted by Gasteiger charge is 2.20. The summed E-state index contributed by atoms with van der Waals surface area (Å²) in [6, 6.07) is 0. The van der Waals surface area contributed by atoms with Gasteiger partial charge in [0.15, 0.2) is 5.78 Å². The van der Waals surface area contributed by atoms with Crippen molar-refractivity contribution in [2.45, 2.75) is 32.6 Å². The summed E-state index contributed by atoms with van der Waals surface area (Å²) >= 11 is 0. The van der Waals surface area contributed by atoms with Crippen molar-refractivity contribution in [1.29, 1.82) is 0 Å². The quantitative estimate of drug-likeness (QED) is 0.475. The van der Waals surface area contributed by atoms with E-state index >= 15 is 0 Å². The molecule has 0 saturated heterocycles. The predicted molar refractivity (Wildman–Crippen MR) is 47.7 cm³/mol. The normalized spacial score (nSPS) is 18.8. The van der Waals surface area contributed by atoms with Crippen LogP contribution in [0.15, 0.2) is 12.3 Å². The lowest BCUT2D eigenvalue weighted by atomic mass is 10.0. The number of ether oxygens (including phenoxy) is 1. The average Bonchev–Trinajstić information content (AvgIpc) is 2.56. The fraction of sp³-hybridized carbons (Fsp3) is 0.700. The topological polar surface area (TPSA) is 26.3 Å². The Bertz CT molecular complexity index is 167. The molecule has 1 saturated carbocycles. The molecular formula is C10H16O2. The zero-order valence-corrected chi connectivity index (χ0v) is 7.58.